The van der Waals surface area contributed by atoms with E-state index in [4.69, 9.17) is 0 Å². The molecule has 0 unspecified atom stereocenters. The zero-order valence-corrected chi connectivity index (χ0v) is 14.6. The van der Waals surface area contributed by atoms with Crippen LogP contribution in [0, 0.1) is 0 Å². The zero-order valence-electron chi connectivity index (χ0n) is 14.6. The third kappa shape index (κ3) is 3.53. The molecule has 5 heteroatoms. The van der Waals surface area contributed by atoms with Crippen LogP contribution in [0.4, 0.5) is 5.82 Å². The standard InChI is InChI=1S/C20H26N4O/c25-20(17-4-3-10-21-16-17)8-6-18(7-9-20)23-12-14-24(15-13-23)19-5-1-2-11-22-19/h1-5,10-11,16,18,25H,6-9,12-15H2/t18-,20+. The predicted octanol–water partition coefficient (Wildman–Crippen LogP) is 2.43. The molecular formula is C20H26N4O. The van der Waals surface area contributed by atoms with Crippen molar-refractivity contribution in [3.63, 3.8) is 0 Å². The van der Waals surface area contributed by atoms with Gasteiger partial charge in [0.1, 0.15) is 5.82 Å². The van der Waals surface area contributed by atoms with Gasteiger partial charge in [-0.3, -0.25) is 9.88 Å². The summed E-state index contributed by atoms with van der Waals surface area (Å²) in [4.78, 5) is 13.6. The second-order valence-corrected chi connectivity index (χ2v) is 7.22. The molecule has 0 spiro atoms. The second-order valence-electron chi connectivity index (χ2n) is 7.22. The van der Waals surface area contributed by atoms with E-state index in [0.717, 1.165) is 63.2 Å². The highest BCUT2D eigenvalue weighted by Crippen LogP contribution is 2.38. The molecular weight excluding hydrogens is 312 g/mol. The molecule has 1 N–H and O–H groups in total. The zero-order chi connectivity index (χ0) is 17.1. The number of hydrogen-bond donors (Lipinski definition) is 1. The maximum atomic E-state index is 11.0. The van der Waals surface area contributed by atoms with Crippen LogP contribution in [0.15, 0.2) is 48.9 Å². The number of anilines is 1. The van der Waals surface area contributed by atoms with Gasteiger partial charge in [-0.1, -0.05) is 12.1 Å². The highest BCUT2D eigenvalue weighted by Gasteiger charge is 2.37. The third-order valence-corrected chi connectivity index (χ3v) is 5.79. The highest BCUT2D eigenvalue weighted by molar-refractivity contribution is 5.38. The van der Waals surface area contributed by atoms with Gasteiger partial charge in [-0.25, -0.2) is 4.98 Å². The number of rotatable bonds is 3. The Labute approximate surface area is 149 Å². The molecule has 0 atom stereocenters. The average Bonchev–Trinajstić information content (AvgIpc) is 2.70. The van der Waals surface area contributed by atoms with Gasteiger partial charge in [0.2, 0.25) is 0 Å². The first-order chi connectivity index (χ1) is 12.2. The Bertz CT molecular complexity index is 663. The van der Waals surface area contributed by atoms with Crippen LogP contribution in [0.2, 0.25) is 0 Å². The first kappa shape index (κ1) is 16.5. The molecule has 2 aromatic heterocycles. The van der Waals surface area contributed by atoms with Gasteiger partial charge in [0.25, 0.3) is 0 Å². The van der Waals surface area contributed by atoms with E-state index in [1.807, 2.05) is 30.6 Å². The van der Waals surface area contributed by atoms with Crippen molar-refractivity contribution in [2.45, 2.75) is 37.3 Å². The summed E-state index contributed by atoms with van der Waals surface area (Å²) in [5.41, 5.74) is 0.272. The van der Waals surface area contributed by atoms with Crippen molar-refractivity contribution >= 4 is 5.82 Å². The molecule has 1 saturated heterocycles. The van der Waals surface area contributed by atoms with Gasteiger partial charge in [0, 0.05) is 56.4 Å². The lowest BCUT2D eigenvalue weighted by Gasteiger charge is -2.44. The molecule has 2 aliphatic rings. The van der Waals surface area contributed by atoms with Crippen LogP contribution in [-0.4, -0.2) is 52.2 Å². The van der Waals surface area contributed by atoms with Crippen molar-refractivity contribution in [3.05, 3.63) is 54.5 Å². The van der Waals surface area contributed by atoms with Crippen LogP contribution in [-0.2, 0) is 5.60 Å². The fraction of sp³-hybridized carbons (Fsp3) is 0.500. The van der Waals surface area contributed by atoms with E-state index in [-0.39, 0.29) is 0 Å². The summed E-state index contributed by atoms with van der Waals surface area (Å²) in [5.74, 6) is 1.08. The van der Waals surface area contributed by atoms with Gasteiger partial charge in [0.15, 0.2) is 0 Å². The number of piperazine rings is 1. The van der Waals surface area contributed by atoms with Crippen molar-refractivity contribution in [2.24, 2.45) is 0 Å². The molecule has 0 amide bonds. The highest BCUT2D eigenvalue weighted by atomic mass is 16.3. The summed E-state index contributed by atoms with van der Waals surface area (Å²) in [5, 5.41) is 11.0. The Balaban J connectivity index is 1.32. The summed E-state index contributed by atoms with van der Waals surface area (Å²) in [6, 6.07) is 10.6. The van der Waals surface area contributed by atoms with E-state index in [0.29, 0.717) is 6.04 Å². The number of pyridine rings is 2. The van der Waals surface area contributed by atoms with Gasteiger partial charge >= 0.3 is 0 Å². The Morgan fingerprint density at radius 3 is 2.40 bits per heavy atom. The van der Waals surface area contributed by atoms with E-state index in [1.165, 1.54) is 0 Å². The average molecular weight is 338 g/mol. The van der Waals surface area contributed by atoms with Crippen LogP contribution >= 0.6 is 0 Å². The maximum Gasteiger partial charge on any atom is 0.128 e. The summed E-state index contributed by atoms with van der Waals surface area (Å²) in [6.45, 7) is 4.21. The number of aromatic nitrogens is 2. The topological polar surface area (TPSA) is 52.5 Å². The molecule has 2 fully saturated rings. The Morgan fingerprint density at radius 1 is 0.960 bits per heavy atom. The summed E-state index contributed by atoms with van der Waals surface area (Å²) < 4.78 is 0. The van der Waals surface area contributed by atoms with Gasteiger partial charge in [-0.15, -0.1) is 0 Å². The largest absolute Gasteiger partial charge is 0.385 e. The fourth-order valence-corrected chi connectivity index (χ4v) is 4.23. The second kappa shape index (κ2) is 7.10. The van der Waals surface area contributed by atoms with E-state index < -0.39 is 5.60 Å². The Morgan fingerprint density at radius 2 is 1.76 bits per heavy atom. The Kier molecular flexibility index (Phi) is 4.68. The predicted molar refractivity (Wildman–Crippen MR) is 98.4 cm³/mol. The van der Waals surface area contributed by atoms with Crippen molar-refractivity contribution < 1.29 is 5.11 Å². The number of aliphatic hydroxyl groups is 1. The molecule has 2 aromatic rings. The number of hydrogen-bond acceptors (Lipinski definition) is 5. The van der Waals surface area contributed by atoms with Crippen LogP contribution < -0.4 is 4.90 Å². The van der Waals surface area contributed by atoms with E-state index in [1.54, 1.807) is 6.20 Å². The minimum atomic E-state index is -0.694. The van der Waals surface area contributed by atoms with E-state index in [2.05, 4.69) is 31.9 Å². The molecule has 132 valence electrons. The van der Waals surface area contributed by atoms with Crippen LogP contribution in [0.1, 0.15) is 31.2 Å². The quantitative estimate of drug-likeness (QED) is 0.931. The molecule has 1 saturated carbocycles. The molecule has 0 radical (unpaired) electrons. The van der Waals surface area contributed by atoms with Crippen molar-refractivity contribution in [2.75, 3.05) is 31.1 Å². The first-order valence-electron chi connectivity index (χ1n) is 9.27. The minimum Gasteiger partial charge on any atom is -0.385 e. The maximum absolute atomic E-state index is 11.0. The van der Waals surface area contributed by atoms with Gasteiger partial charge < -0.3 is 10.0 Å². The first-order valence-corrected chi connectivity index (χ1v) is 9.27. The number of nitrogens with zero attached hydrogens (tertiary/aromatic N) is 4. The normalized spacial score (nSPS) is 28.0. The SMILES string of the molecule is O[C@]1(c2cccnc2)CC[C@H](N2CCN(c3ccccn3)CC2)CC1. The molecule has 0 aromatic carbocycles. The van der Waals surface area contributed by atoms with Crippen molar-refractivity contribution in [3.8, 4) is 0 Å². The Hall–Kier alpha value is -1.98. The van der Waals surface area contributed by atoms with Crippen molar-refractivity contribution in [1.29, 1.82) is 0 Å². The molecule has 3 heterocycles. The molecule has 25 heavy (non-hydrogen) atoms. The fourth-order valence-electron chi connectivity index (χ4n) is 4.23. The monoisotopic (exact) mass is 338 g/mol. The van der Waals surface area contributed by atoms with E-state index in [9.17, 15) is 5.11 Å². The molecule has 1 aliphatic heterocycles. The van der Waals surface area contributed by atoms with Crippen LogP contribution in [0.3, 0.4) is 0 Å². The van der Waals surface area contributed by atoms with Crippen LogP contribution in [0.25, 0.3) is 0 Å². The lowest BCUT2D eigenvalue weighted by molar-refractivity contribution is -0.0260. The molecule has 4 rings (SSSR count). The minimum absolute atomic E-state index is 0.586. The summed E-state index contributed by atoms with van der Waals surface area (Å²) in [7, 11) is 0. The lowest BCUT2D eigenvalue weighted by Crippen LogP contribution is -2.52. The van der Waals surface area contributed by atoms with Gasteiger partial charge in [-0.2, -0.15) is 0 Å². The molecule has 5 nitrogen and oxygen atoms in total. The lowest BCUT2D eigenvalue weighted by atomic mass is 9.77. The van der Waals surface area contributed by atoms with Gasteiger partial charge in [0.05, 0.1) is 5.60 Å². The molecule has 1 aliphatic carbocycles. The smallest absolute Gasteiger partial charge is 0.128 e. The van der Waals surface area contributed by atoms with Crippen LogP contribution in [0.5, 0.6) is 0 Å². The van der Waals surface area contributed by atoms with Gasteiger partial charge in [-0.05, 0) is 43.9 Å². The summed E-state index contributed by atoms with van der Waals surface area (Å²) in [6.07, 6.45) is 9.19. The van der Waals surface area contributed by atoms with Crippen molar-refractivity contribution in [1.82, 2.24) is 14.9 Å². The summed E-state index contributed by atoms with van der Waals surface area (Å²) >= 11 is 0. The third-order valence-electron chi connectivity index (χ3n) is 5.79. The van der Waals surface area contributed by atoms with E-state index >= 15 is 0 Å². The molecule has 0 bridgehead atoms.